The lowest BCUT2D eigenvalue weighted by molar-refractivity contribution is 0.245. The largest absolute Gasteiger partial charge is 0.103 e. The van der Waals surface area contributed by atoms with E-state index in [1.54, 1.807) is 5.57 Å². The Morgan fingerprint density at radius 3 is 2.73 bits per heavy atom. The highest BCUT2D eigenvalue weighted by atomic mass is 14.4. The zero-order valence-electron chi connectivity index (χ0n) is 10.5. The quantitative estimate of drug-likeness (QED) is 0.542. The fraction of sp³-hybridized carbons (Fsp3) is 0.733. The topological polar surface area (TPSA) is 0 Å². The van der Waals surface area contributed by atoms with E-state index < -0.39 is 0 Å². The monoisotopic (exact) mass is 204 g/mol. The average molecular weight is 204 g/mol. The molecule has 1 fully saturated rings. The van der Waals surface area contributed by atoms with Gasteiger partial charge in [-0.2, -0.15) is 0 Å². The van der Waals surface area contributed by atoms with Crippen molar-refractivity contribution in [2.24, 2.45) is 16.7 Å². The van der Waals surface area contributed by atoms with E-state index in [-0.39, 0.29) is 0 Å². The van der Waals surface area contributed by atoms with Gasteiger partial charge in [-0.05, 0) is 48.9 Å². The highest BCUT2D eigenvalue weighted by Gasteiger charge is 2.40. The Hall–Kier alpha value is -0.520. The highest BCUT2D eigenvalue weighted by Crippen LogP contribution is 2.52. The van der Waals surface area contributed by atoms with E-state index in [2.05, 4.69) is 39.5 Å². The van der Waals surface area contributed by atoms with Crippen LogP contribution in [0.1, 0.15) is 52.9 Å². The van der Waals surface area contributed by atoms with Gasteiger partial charge in [0.2, 0.25) is 0 Å². The summed E-state index contributed by atoms with van der Waals surface area (Å²) in [6, 6.07) is 0. The summed E-state index contributed by atoms with van der Waals surface area (Å²) in [5.41, 5.74) is 2.64. The Kier molecular flexibility index (Phi) is 2.56. The number of allylic oxidation sites excluding steroid dienone is 3. The Balaban J connectivity index is 2.22. The molecule has 0 aromatic heterocycles. The molecule has 0 radical (unpaired) electrons. The van der Waals surface area contributed by atoms with Gasteiger partial charge in [-0.3, -0.25) is 0 Å². The van der Waals surface area contributed by atoms with Gasteiger partial charge >= 0.3 is 0 Å². The van der Waals surface area contributed by atoms with Crippen LogP contribution < -0.4 is 0 Å². The number of rotatable bonds is 1. The fourth-order valence-corrected chi connectivity index (χ4v) is 3.26. The summed E-state index contributed by atoms with van der Waals surface area (Å²) in [5.74, 6) is 0.847. The third-order valence-corrected chi connectivity index (χ3v) is 4.78. The van der Waals surface area contributed by atoms with E-state index in [0.717, 1.165) is 5.92 Å². The second-order valence-electron chi connectivity index (χ2n) is 6.42. The van der Waals surface area contributed by atoms with Gasteiger partial charge in [-0.1, -0.05) is 38.5 Å². The zero-order valence-corrected chi connectivity index (χ0v) is 10.5. The highest BCUT2D eigenvalue weighted by molar-refractivity contribution is 5.20. The van der Waals surface area contributed by atoms with Crippen molar-refractivity contribution in [3.8, 4) is 0 Å². The Bertz CT molecular complexity index is 295. The summed E-state index contributed by atoms with van der Waals surface area (Å²) in [7, 11) is 0. The molecule has 0 aromatic carbocycles. The molecule has 2 rings (SSSR count). The van der Waals surface area contributed by atoms with Crippen LogP contribution in [0.25, 0.3) is 0 Å². The number of hydrogen-bond acceptors (Lipinski definition) is 0. The molecule has 0 spiro atoms. The third kappa shape index (κ3) is 1.91. The van der Waals surface area contributed by atoms with Crippen LogP contribution in [0.5, 0.6) is 0 Å². The summed E-state index contributed by atoms with van der Waals surface area (Å²) in [6.45, 7) is 11.2. The standard InChI is InChI=1S/C15H24/c1-5-15(4)10-7-12-6-9-14(2,3)13(12)8-11-15/h5,7,13H,1,6,8-11H2,2-4H3/t13-,15-/m1/s1. The second kappa shape index (κ2) is 3.50. The molecule has 0 N–H and O–H groups in total. The summed E-state index contributed by atoms with van der Waals surface area (Å²) < 4.78 is 0. The lowest BCUT2D eigenvalue weighted by atomic mass is 9.76. The van der Waals surface area contributed by atoms with Gasteiger partial charge in [-0.15, -0.1) is 6.58 Å². The van der Waals surface area contributed by atoms with Crippen LogP contribution in [0.15, 0.2) is 24.3 Å². The summed E-state index contributed by atoms with van der Waals surface area (Å²) in [6.07, 6.45) is 11.3. The number of fused-ring (bicyclic) bond motifs is 1. The minimum Gasteiger partial charge on any atom is -0.103 e. The molecule has 0 nitrogen and oxygen atoms in total. The molecule has 84 valence electrons. The van der Waals surface area contributed by atoms with Gasteiger partial charge in [0.05, 0.1) is 0 Å². The predicted octanol–water partition coefficient (Wildman–Crippen LogP) is 4.73. The molecule has 0 amide bonds. The first-order valence-electron chi connectivity index (χ1n) is 6.29. The molecule has 0 unspecified atom stereocenters. The minimum atomic E-state index is 0.355. The lowest BCUT2D eigenvalue weighted by Crippen LogP contribution is -2.19. The second-order valence-corrected chi connectivity index (χ2v) is 6.42. The van der Waals surface area contributed by atoms with Gasteiger partial charge in [0.25, 0.3) is 0 Å². The van der Waals surface area contributed by atoms with Crippen molar-refractivity contribution in [3.05, 3.63) is 24.3 Å². The molecule has 2 aliphatic carbocycles. The van der Waals surface area contributed by atoms with Crippen molar-refractivity contribution < 1.29 is 0 Å². The zero-order chi connectivity index (χ0) is 11.1. The van der Waals surface area contributed by atoms with Crippen molar-refractivity contribution in [1.29, 1.82) is 0 Å². The predicted molar refractivity (Wildman–Crippen MR) is 66.7 cm³/mol. The Morgan fingerprint density at radius 1 is 1.33 bits per heavy atom. The van der Waals surface area contributed by atoms with Gasteiger partial charge in [0.1, 0.15) is 0 Å². The van der Waals surface area contributed by atoms with Crippen molar-refractivity contribution in [2.75, 3.05) is 0 Å². The molecule has 2 atom stereocenters. The molecule has 1 saturated carbocycles. The van der Waals surface area contributed by atoms with Gasteiger partial charge in [0.15, 0.2) is 0 Å². The van der Waals surface area contributed by atoms with Crippen molar-refractivity contribution in [3.63, 3.8) is 0 Å². The van der Waals surface area contributed by atoms with Crippen LogP contribution in [0.3, 0.4) is 0 Å². The molecule has 0 heteroatoms. The van der Waals surface area contributed by atoms with E-state index in [4.69, 9.17) is 0 Å². The number of hydrogen-bond donors (Lipinski definition) is 0. The maximum atomic E-state index is 4.00. The SMILES string of the molecule is C=C[C@]1(C)CC=C2CCC(C)(C)[C@@H]2CC1. The van der Waals surface area contributed by atoms with Crippen LogP contribution in [-0.4, -0.2) is 0 Å². The van der Waals surface area contributed by atoms with E-state index in [1.807, 2.05) is 0 Å². The molecule has 0 aromatic rings. The maximum Gasteiger partial charge on any atom is -0.0114 e. The fourth-order valence-electron chi connectivity index (χ4n) is 3.26. The van der Waals surface area contributed by atoms with Crippen molar-refractivity contribution in [1.82, 2.24) is 0 Å². The smallest absolute Gasteiger partial charge is 0.0114 e. The van der Waals surface area contributed by atoms with E-state index >= 15 is 0 Å². The van der Waals surface area contributed by atoms with Gasteiger partial charge in [0, 0.05) is 0 Å². The molecule has 0 bridgehead atoms. The van der Waals surface area contributed by atoms with Crippen molar-refractivity contribution in [2.45, 2.75) is 52.9 Å². The molecule has 15 heavy (non-hydrogen) atoms. The van der Waals surface area contributed by atoms with Crippen LogP contribution >= 0.6 is 0 Å². The lowest BCUT2D eigenvalue weighted by Gasteiger charge is -2.29. The van der Waals surface area contributed by atoms with Crippen LogP contribution in [0.4, 0.5) is 0 Å². The minimum absolute atomic E-state index is 0.355. The molecular weight excluding hydrogens is 180 g/mol. The summed E-state index contributed by atoms with van der Waals surface area (Å²) in [4.78, 5) is 0. The van der Waals surface area contributed by atoms with E-state index in [1.165, 1.54) is 32.1 Å². The third-order valence-electron chi connectivity index (χ3n) is 4.78. The summed E-state index contributed by atoms with van der Waals surface area (Å²) >= 11 is 0. The normalized spacial score (nSPS) is 39.1. The van der Waals surface area contributed by atoms with Crippen LogP contribution in [0.2, 0.25) is 0 Å². The molecule has 0 aliphatic heterocycles. The first kappa shape index (κ1) is 11.0. The van der Waals surface area contributed by atoms with Gasteiger partial charge in [-0.25, -0.2) is 0 Å². The Labute approximate surface area is 94.5 Å². The molecular formula is C15H24. The molecule has 0 heterocycles. The first-order valence-corrected chi connectivity index (χ1v) is 6.29. The maximum absolute atomic E-state index is 4.00. The summed E-state index contributed by atoms with van der Waals surface area (Å²) in [5, 5.41) is 0. The van der Waals surface area contributed by atoms with E-state index in [9.17, 15) is 0 Å². The Morgan fingerprint density at radius 2 is 2.07 bits per heavy atom. The van der Waals surface area contributed by atoms with E-state index in [0.29, 0.717) is 10.8 Å². The average Bonchev–Trinajstić information content (AvgIpc) is 2.38. The van der Waals surface area contributed by atoms with Crippen LogP contribution in [-0.2, 0) is 0 Å². The first-order chi connectivity index (χ1) is 6.97. The van der Waals surface area contributed by atoms with Gasteiger partial charge < -0.3 is 0 Å². The molecule has 2 aliphatic rings. The molecule has 0 saturated heterocycles. The van der Waals surface area contributed by atoms with Crippen molar-refractivity contribution >= 4 is 0 Å². The van der Waals surface area contributed by atoms with Crippen LogP contribution in [0, 0.1) is 16.7 Å².